The lowest BCUT2D eigenvalue weighted by molar-refractivity contribution is 0.940. The second-order valence-corrected chi connectivity index (χ2v) is 4.73. The second kappa shape index (κ2) is 6.78. The number of para-hydroxylation sites is 1. The Hall–Kier alpha value is -1.85. The molecule has 0 aliphatic rings. The fourth-order valence-electron chi connectivity index (χ4n) is 1.51. The Balaban J connectivity index is 1.88. The lowest BCUT2D eigenvalue weighted by atomic mass is 10.3. The van der Waals surface area contributed by atoms with E-state index in [1.165, 1.54) is 4.88 Å². The van der Waals surface area contributed by atoms with Gasteiger partial charge in [0.25, 0.3) is 0 Å². The molecule has 0 atom stereocenters. The van der Waals surface area contributed by atoms with Gasteiger partial charge in [-0.2, -0.15) is 0 Å². The van der Waals surface area contributed by atoms with Crippen LogP contribution in [-0.4, -0.2) is 12.5 Å². The Morgan fingerprint density at radius 3 is 2.67 bits per heavy atom. The van der Waals surface area contributed by atoms with Crippen molar-refractivity contribution in [3.8, 4) is 0 Å². The highest BCUT2D eigenvalue weighted by atomic mass is 32.1. The summed E-state index contributed by atoms with van der Waals surface area (Å²) < 4.78 is 0. The fraction of sp³-hybridized carbons (Fsp3) is 0.154. The molecule has 2 aromatic rings. The minimum Gasteiger partial charge on any atom is -0.325 e. The molecule has 0 aliphatic carbocycles. The van der Waals surface area contributed by atoms with Gasteiger partial charge in [-0.3, -0.25) is 10.4 Å². The third kappa shape index (κ3) is 3.87. The van der Waals surface area contributed by atoms with Crippen molar-refractivity contribution in [1.82, 2.24) is 5.43 Å². The van der Waals surface area contributed by atoms with E-state index in [0.29, 0.717) is 12.5 Å². The van der Waals surface area contributed by atoms with Gasteiger partial charge in [0, 0.05) is 23.5 Å². The molecule has 18 heavy (non-hydrogen) atoms. The molecule has 0 saturated heterocycles. The quantitative estimate of drug-likeness (QED) is 0.342. The van der Waals surface area contributed by atoms with E-state index in [-0.39, 0.29) is 0 Å². The van der Waals surface area contributed by atoms with Crippen LogP contribution >= 0.6 is 11.3 Å². The van der Waals surface area contributed by atoms with E-state index >= 15 is 0 Å². The van der Waals surface area contributed by atoms with Crippen molar-refractivity contribution >= 4 is 23.0 Å². The molecule has 1 aromatic carbocycles. The highest BCUT2D eigenvalue weighted by molar-refractivity contribution is 7.09. The van der Waals surface area contributed by atoms with Gasteiger partial charge in [-0.15, -0.1) is 11.3 Å². The SMILES string of the molecule is NNC(=NCCc1cccs1)Nc1ccccc1. The van der Waals surface area contributed by atoms with Crippen LogP contribution in [0.15, 0.2) is 52.8 Å². The van der Waals surface area contributed by atoms with E-state index in [9.17, 15) is 0 Å². The summed E-state index contributed by atoms with van der Waals surface area (Å²) in [5.74, 6) is 6.02. The zero-order valence-corrected chi connectivity index (χ0v) is 10.8. The van der Waals surface area contributed by atoms with E-state index in [4.69, 9.17) is 5.84 Å². The van der Waals surface area contributed by atoms with Crippen LogP contribution in [0.5, 0.6) is 0 Å². The van der Waals surface area contributed by atoms with Crippen LogP contribution in [0.1, 0.15) is 4.88 Å². The molecule has 4 nitrogen and oxygen atoms in total. The monoisotopic (exact) mass is 260 g/mol. The van der Waals surface area contributed by atoms with Crippen molar-refractivity contribution in [3.63, 3.8) is 0 Å². The molecule has 0 saturated carbocycles. The number of anilines is 1. The molecule has 0 fully saturated rings. The lowest BCUT2D eigenvalue weighted by Gasteiger charge is -2.08. The molecule has 2 rings (SSSR count). The van der Waals surface area contributed by atoms with Gasteiger partial charge in [-0.25, -0.2) is 5.84 Å². The Kier molecular flexibility index (Phi) is 4.75. The lowest BCUT2D eigenvalue weighted by Crippen LogP contribution is -2.36. The average Bonchev–Trinajstić information content (AvgIpc) is 2.92. The maximum atomic E-state index is 5.44. The molecular formula is C13H16N4S. The molecule has 1 aromatic heterocycles. The molecule has 0 amide bonds. The smallest absolute Gasteiger partial charge is 0.210 e. The Labute approximate surface area is 111 Å². The van der Waals surface area contributed by atoms with Crippen molar-refractivity contribution in [2.75, 3.05) is 11.9 Å². The van der Waals surface area contributed by atoms with E-state index < -0.39 is 0 Å². The van der Waals surface area contributed by atoms with E-state index in [1.54, 1.807) is 11.3 Å². The maximum Gasteiger partial charge on any atom is 0.210 e. The number of rotatable bonds is 4. The predicted octanol–water partition coefficient (Wildman–Crippen LogP) is 2.22. The number of aliphatic imine (C=N–C) groups is 1. The second-order valence-electron chi connectivity index (χ2n) is 3.70. The summed E-state index contributed by atoms with van der Waals surface area (Å²) in [6, 6.07) is 14.0. The van der Waals surface area contributed by atoms with Crippen molar-refractivity contribution in [1.29, 1.82) is 0 Å². The molecule has 0 bridgehead atoms. The van der Waals surface area contributed by atoms with Crippen molar-refractivity contribution in [2.24, 2.45) is 10.8 Å². The summed E-state index contributed by atoms with van der Waals surface area (Å²) in [6.07, 6.45) is 0.930. The number of nitrogens with one attached hydrogen (secondary N) is 2. The van der Waals surface area contributed by atoms with Gasteiger partial charge in [-0.05, 0) is 23.6 Å². The zero-order valence-electron chi connectivity index (χ0n) is 9.97. The summed E-state index contributed by atoms with van der Waals surface area (Å²) in [5, 5.41) is 5.20. The number of guanidine groups is 1. The van der Waals surface area contributed by atoms with E-state index in [0.717, 1.165) is 12.1 Å². The molecule has 0 radical (unpaired) electrons. The standard InChI is InChI=1S/C13H16N4S/c14-17-13(16-11-5-2-1-3-6-11)15-9-8-12-7-4-10-18-12/h1-7,10H,8-9,14H2,(H2,15,16,17). The van der Waals surface area contributed by atoms with Crippen LogP contribution in [-0.2, 0) is 6.42 Å². The number of thiophene rings is 1. The topological polar surface area (TPSA) is 62.4 Å². The van der Waals surface area contributed by atoms with Gasteiger partial charge in [0.2, 0.25) is 5.96 Å². The summed E-state index contributed by atoms with van der Waals surface area (Å²) in [5.41, 5.74) is 3.54. The third-order valence-electron chi connectivity index (χ3n) is 2.38. The molecule has 1 heterocycles. The number of hydrogen-bond acceptors (Lipinski definition) is 3. The number of hydrogen-bond donors (Lipinski definition) is 3. The fourth-order valence-corrected chi connectivity index (χ4v) is 2.21. The molecule has 0 unspecified atom stereocenters. The first kappa shape index (κ1) is 12.6. The van der Waals surface area contributed by atoms with Gasteiger partial charge < -0.3 is 5.32 Å². The normalized spacial score (nSPS) is 11.3. The molecule has 94 valence electrons. The maximum absolute atomic E-state index is 5.44. The van der Waals surface area contributed by atoms with Crippen LogP contribution in [0.3, 0.4) is 0 Å². The van der Waals surface area contributed by atoms with Crippen LogP contribution < -0.4 is 16.6 Å². The summed E-state index contributed by atoms with van der Waals surface area (Å²) in [4.78, 5) is 5.72. The minimum absolute atomic E-state index is 0.581. The summed E-state index contributed by atoms with van der Waals surface area (Å²) in [7, 11) is 0. The van der Waals surface area contributed by atoms with Gasteiger partial charge >= 0.3 is 0 Å². The van der Waals surface area contributed by atoms with Gasteiger partial charge in [-0.1, -0.05) is 24.3 Å². The van der Waals surface area contributed by atoms with Crippen molar-refractivity contribution in [3.05, 3.63) is 52.7 Å². The summed E-state index contributed by atoms with van der Waals surface area (Å²) in [6.45, 7) is 0.708. The minimum atomic E-state index is 0.581. The first-order valence-electron chi connectivity index (χ1n) is 5.74. The zero-order chi connectivity index (χ0) is 12.6. The van der Waals surface area contributed by atoms with E-state index in [1.807, 2.05) is 36.4 Å². The van der Waals surface area contributed by atoms with Gasteiger partial charge in [0.05, 0.1) is 0 Å². The third-order valence-corrected chi connectivity index (χ3v) is 3.32. The summed E-state index contributed by atoms with van der Waals surface area (Å²) >= 11 is 1.74. The first-order valence-corrected chi connectivity index (χ1v) is 6.62. The number of hydrazine groups is 1. The molecule has 0 aliphatic heterocycles. The van der Waals surface area contributed by atoms with Gasteiger partial charge in [0.15, 0.2) is 0 Å². The first-order chi connectivity index (χ1) is 8.88. The highest BCUT2D eigenvalue weighted by Crippen LogP contribution is 2.09. The Morgan fingerprint density at radius 2 is 2.00 bits per heavy atom. The van der Waals surface area contributed by atoms with Crippen LogP contribution in [0, 0.1) is 0 Å². The van der Waals surface area contributed by atoms with Crippen LogP contribution in [0.25, 0.3) is 0 Å². The predicted molar refractivity (Wildman–Crippen MR) is 77.7 cm³/mol. The van der Waals surface area contributed by atoms with Crippen molar-refractivity contribution < 1.29 is 0 Å². The molecule has 5 heteroatoms. The van der Waals surface area contributed by atoms with E-state index in [2.05, 4.69) is 27.2 Å². The molecular weight excluding hydrogens is 244 g/mol. The number of nitrogens with zero attached hydrogens (tertiary/aromatic N) is 1. The average molecular weight is 260 g/mol. The molecule has 4 N–H and O–H groups in total. The largest absolute Gasteiger partial charge is 0.325 e. The number of benzene rings is 1. The van der Waals surface area contributed by atoms with Gasteiger partial charge in [0.1, 0.15) is 0 Å². The Bertz CT molecular complexity index is 479. The number of nitrogens with two attached hydrogens (primary N) is 1. The van der Waals surface area contributed by atoms with Crippen LogP contribution in [0.2, 0.25) is 0 Å². The van der Waals surface area contributed by atoms with Crippen LogP contribution in [0.4, 0.5) is 5.69 Å². The Morgan fingerprint density at radius 1 is 1.17 bits per heavy atom. The van der Waals surface area contributed by atoms with Crippen molar-refractivity contribution in [2.45, 2.75) is 6.42 Å². The highest BCUT2D eigenvalue weighted by Gasteiger charge is 1.97. The molecule has 0 spiro atoms.